The van der Waals surface area contributed by atoms with Crippen molar-refractivity contribution >= 4 is 64.1 Å². The molecule has 1 unspecified atom stereocenters. The number of aromatic nitrogens is 2. The standard InChI is InChI=1S/C45H56F3N11O6/c1-3-35-43(64)55(2)36-27-49-44(54-40(36)59(35)32-6-4-5-7-32)52-33-13-8-28(26-37(33)65-45(46,47)48)41(62)51-30-16-20-58(21-17-30)39(61)18-19-56-22-24-57(25-23-56)31-11-9-29(10-12-31)50-34-14-15-38(60)53-42(34)63/h8-13,26-27,30,32,34-35,50H,3-7,14-25H2,1-2H3,(H,51,62)(H,49,52,54)(H,53,60,63)/t34?,35-/m1/s1. The van der Waals surface area contributed by atoms with Crippen molar-refractivity contribution < 1.29 is 41.9 Å². The maximum Gasteiger partial charge on any atom is 0.573 e. The second-order valence-corrected chi connectivity index (χ2v) is 17.4. The van der Waals surface area contributed by atoms with E-state index in [0.717, 1.165) is 69.3 Å². The third-order valence-electron chi connectivity index (χ3n) is 13.1. The highest BCUT2D eigenvalue weighted by Gasteiger charge is 2.41. The van der Waals surface area contributed by atoms with Gasteiger partial charge in [0.25, 0.3) is 5.91 Å². The summed E-state index contributed by atoms with van der Waals surface area (Å²) in [5.41, 5.74) is 2.26. The van der Waals surface area contributed by atoms with Crippen molar-refractivity contribution in [2.24, 2.45) is 0 Å². The van der Waals surface area contributed by atoms with Gasteiger partial charge in [0.1, 0.15) is 17.8 Å². The fourth-order valence-electron chi connectivity index (χ4n) is 9.52. The topological polar surface area (TPSA) is 185 Å². The van der Waals surface area contributed by atoms with E-state index in [1.54, 1.807) is 11.9 Å². The van der Waals surface area contributed by atoms with Crippen molar-refractivity contribution in [1.82, 2.24) is 30.4 Å². The minimum Gasteiger partial charge on any atom is -0.404 e. The lowest BCUT2D eigenvalue weighted by molar-refractivity contribution is -0.274. The summed E-state index contributed by atoms with van der Waals surface area (Å²) in [5.74, 6) is -1.24. The molecule has 20 heteroatoms. The number of likely N-dealkylation sites (N-methyl/N-ethyl adjacent to an activating group) is 1. The van der Waals surface area contributed by atoms with Crippen molar-refractivity contribution in [3.05, 3.63) is 54.2 Å². The minimum atomic E-state index is -5.05. The van der Waals surface area contributed by atoms with Crippen LogP contribution in [0.4, 0.5) is 47.7 Å². The Balaban J connectivity index is 0.809. The maximum absolute atomic E-state index is 13.7. The molecule has 3 aromatic rings. The number of fused-ring (bicyclic) bond motifs is 1. The Hall–Kier alpha value is -6.18. The van der Waals surface area contributed by atoms with Crippen LogP contribution in [0.2, 0.25) is 0 Å². The number of carbonyl (C=O) groups excluding carboxylic acids is 5. The number of hydrogen-bond donors (Lipinski definition) is 4. The molecule has 4 aliphatic heterocycles. The van der Waals surface area contributed by atoms with E-state index in [1.807, 2.05) is 36.1 Å². The number of amides is 5. The molecule has 1 aliphatic carbocycles. The summed E-state index contributed by atoms with van der Waals surface area (Å²) in [5, 5.41) is 11.3. The van der Waals surface area contributed by atoms with Crippen LogP contribution in [0.1, 0.15) is 81.5 Å². The normalized spacial score (nSPS) is 21.3. The zero-order valence-electron chi connectivity index (χ0n) is 36.7. The molecule has 1 aromatic heterocycles. The Kier molecular flexibility index (Phi) is 13.6. The van der Waals surface area contributed by atoms with Gasteiger partial charge in [-0.15, -0.1) is 13.2 Å². The third kappa shape index (κ3) is 10.7. The first-order valence-electron chi connectivity index (χ1n) is 22.6. The maximum atomic E-state index is 13.7. The van der Waals surface area contributed by atoms with Crippen LogP contribution in [0.5, 0.6) is 5.75 Å². The quantitative estimate of drug-likeness (QED) is 0.172. The molecular formula is C45H56F3N11O6. The molecule has 2 aromatic carbocycles. The van der Waals surface area contributed by atoms with Gasteiger partial charge in [0.2, 0.25) is 29.6 Å². The van der Waals surface area contributed by atoms with Crippen molar-refractivity contribution in [3.63, 3.8) is 0 Å². The van der Waals surface area contributed by atoms with E-state index in [0.29, 0.717) is 69.7 Å². The zero-order chi connectivity index (χ0) is 45.8. The Morgan fingerprint density at radius 2 is 1.65 bits per heavy atom. The average molecular weight is 904 g/mol. The molecule has 17 nitrogen and oxygen atoms in total. The summed E-state index contributed by atoms with van der Waals surface area (Å²) in [6.07, 6.45) is 2.99. The Morgan fingerprint density at radius 1 is 0.923 bits per heavy atom. The molecule has 348 valence electrons. The summed E-state index contributed by atoms with van der Waals surface area (Å²) < 4.78 is 45.6. The summed E-state index contributed by atoms with van der Waals surface area (Å²) >= 11 is 0. The number of alkyl halides is 3. The molecule has 5 amide bonds. The van der Waals surface area contributed by atoms with Gasteiger partial charge >= 0.3 is 6.36 Å². The number of carbonyl (C=O) groups is 5. The summed E-state index contributed by atoms with van der Waals surface area (Å²) in [7, 11) is 1.66. The van der Waals surface area contributed by atoms with Gasteiger partial charge < -0.3 is 40.3 Å². The van der Waals surface area contributed by atoms with Gasteiger partial charge in [-0.05, 0) is 81.0 Å². The van der Waals surface area contributed by atoms with Crippen LogP contribution < -0.4 is 40.7 Å². The lowest BCUT2D eigenvalue weighted by atomic mass is 10.0. The highest BCUT2D eigenvalue weighted by atomic mass is 19.4. The Labute approximate surface area is 375 Å². The van der Waals surface area contributed by atoms with Gasteiger partial charge in [0.15, 0.2) is 11.6 Å². The lowest BCUT2D eigenvalue weighted by Gasteiger charge is -2.43. The molecule has 0 radical (unpaired) electrons. The molecule has 1 saturated carbocycles. The largest absolute Gasteiger partial charge is 0.573 e. The van der Waals surface area contributed by atoms with Gasteiger partial charge in [-0.2, -0.15) is 4.98 Å². The number of imide groups is 1. The van der Waals surface area contributed by atoms with E-state index < -0.39 is 30.1 Å². The number of nitrogens with one attached hydrogen (secondary N) is 4. The molecule has 0 spiro atoms. The number of piperazine rings is 1. The van der Waals surface area contributed by atoms with Crippen molar-refractivity contribution in [2.75, 3.05) is 78.2 Å². The fraction of sp³-hybridized carbons (Fsp3) is 0.533. The van der Waals surface area contributed by atoms with Crippen molar-refractivity contribution in [2.45, 2.75) is 102 Å². The van der Waals surface area contributed by atoms with Gasteiger partial charge in [-0.1, -0.05) is 19.8 Å². The highest BCUT2D eigenvalue weighted by molar-refractivity contribution is 6.04. The molecule has 4 N–H and O–H groups in total. The zero-order valence-corrected chi connectivity index (χ0v) is 36.7. The predicted molar refractivity (Wildman–Crippen MR) is 237 cm³/mol. The number of nitrogens with zero attached hydrogens (tertiary/aromatic N) is 7. The smallest absolute Gasteiger partial charge is 0.404 e. The number of anilines is 6. The fourth-order valence-corrected chi connectivity index (χ4v) is 9.52. The first-order valence-corrected chi connectivity index (χ1v) is 22.6. The van der Waals surface area contributed by atoms with Crippen LogP contribution in [-0.2, 0) is 19.2 Å². The Bertz CT molecular complexity index is 2240. The van der Waals surface area contributed by atoms with Gasteiger partial charge in [-0.3, -0.25) is 34.2 Å². The van der Waals surface area contributed by atoms with Crippen LogP contribution in [0.15, 0.2) is 48.7 Å². The highest BCUT2D eigenvalue weighted by Crippen LogP contribution is 2.41. The van der Waals surface area contributed by atoms with E-state index >= 15 is 0 Å². The third-order valence-corrected chi connectivity index (χ3v) is 13.1. The van der Waals surface area contributed by atoms with Crippen LogP contribution in [0, 0.1) is 0 Å². The number of rotatable bonds is 13. The number of piperidine rings is 2. The van der Waals surface area contributed by atoms with Crippen LogP contribution in [0.25, 0.3) is 0 Å². The van der Waals surface area contributed by atoms with Gasteiger partial charge in [0.05, 0.1) is 11.9 Å². The molecule has 4 fully saturated rings. The average Bonchev–Trinajstić information content (AvgIpc) is 3.83. The van der Waals surface area contributed by atoms with Crippen LogP contribution in [-0.4, -0.2) is 133 Å². The Morgan fingerprint density at radius 3 is 2.32 bits per heavy atom. The number of hydrogen-bond acceptors (Lipinski definition) is 13. The molecule has 8 rings (SSSR count). The summed E-state index contributed by atoms with van der Waals surface area (Å²) in [6.45, 7) is 6.64. The van der Waals surface area contributed by atoms with Crippen molar-refractivity contribution in [1.29, 1.82) is 0 Å². The number of likely N-dealkylation sites (tertiary alicyclic amines) is 1. The monoisotopic (exact) mass is 903 g/mol. The lowest BCUT2D eigenvalue weighted by Crippen LogP contribution is -2.55. The van der Waals surface area contributed by atoms with Gasteiger partial charge in [0, 0.05) is 94.7 Å². The van der Waals surface area contributed by atoms with Crippen molar-refractivity contribution in [3.8, 4) is 5.75 Å². The van der Waals surface area contributed by atoms with E-state index in [4.69, 9.17) is 4.98 Å². The molecule has 0 bridgehead atoms. The SMILES string of the molecule is CC[C@@H]1C(=O)N(C)c2cnc(Nc3ccc(C(=O)NC4CCN(C(=O)CCN5CCN(c6ccc(NC7CCC(=O)NC7=O)cc6)CC5)CC4)cc3OC(F)(F)F)nc2N1C1CCCC1. The minimum absolute atomic E-state index is 0.0136. The second kappa shape index (κ2) is 19.5. The van der Waals surface area contributed by atoms with E-state index in [1.165, 1.54) is 23.2 Å². The molecule has 65 heavy (non-hydrogen) atoms. The number of halogens is 3. The van der Waals surface area contributed by atoms with Crippen LogP contribution >= 0.6 is 0 Å². The molecule has 5 aliphatic rings. The second-order valence-electron chi connectivity index (χ2n) is 17.4. The molecule has 5 heterocycles. The van der Waals surface area contributed by atoms with E-state index in [2.05, 4.69) is 40.8 Å². The van der Waals surface area contributed by atoms with Gasteiger partial charge in [-0.25, -0.2) is 4.98 Å². The van der Waals surface area contributed by atoms with Crippen LogP contribution in [0.3, 0.4) is 0 Å². The molecular weight excluding hydrogens is 848 g/mol. The first kappa shape index (κ1) is 45.4. The summed E-state index contributed by atoms with van der Waals surface area (Å²) in [6, 6.07) is 10.6. The number of benzene rings is 2. The van der Waals surface area contributed by atoms with E-state index in [-0.39, 0.29) is 52.9 Å². The predicted octanol–water partition coefficient (Wildman–Crippen LogP) is 4.77. The molecule has 2 atom stereocenters. The number of ether oxygens (including phenoxy) is 1. The molecule has 3 saturated heterocycles. The summed E-state index contributed by atoms with van der Waals surface area (Å²) in [4.78, 5) is 82.4. The van der Waals surface area contributed by atoms with E-state index in [9.17, 15) is 37.1 Å². The first-order chi connectivity index (χ1) is 31.2.